The third-order valence-electron chi connectivity index (χ3n) is 5.70. The number of halogens is 2. The molecule has 4 aromatic carbocycles. The minimum Gasteiger partial charge on any atom is -0.488 e. The number of ether oxygens (including phenoxy) is 1. The molecule has 0 radical (unpaired) electrons. The maximum atomic E-state index is 13.4. The molecule has 1 heterocycles. The first kappa shape index (κ1) is 23.8. The summed E-state index contributed by atoms with van der Waals surface area (Å²) in [6.07, 6.45) is 1.47. The van der Waals surface area contributed by atoms with E-state index in [0.29, 0.717) is 16.3 Å². The van der Waals surface area contributed by atoms with Crippen molar-refractivity contribution in [3.8, 4) is 5.75 Å². The van der Waals surface area contributed by atoms with Gasteiger partial charge in [-0.1, -0.05) is 76.1 Å². The molecule has 1 saturated heterocycles. The number of rotatable bonds is 5. The van der Waals surface area contributed by atoms with Gasteiger partial charge < -0.3 is 4.74 Å². The van der Waals surface area contributed by atoms with Gasteiger partial charge in [0.15, 0.2) is 0 Å². The van der Waals surface area contributed by atoms with Gasteiger partial charge in [-0.05, 0) is 58.8 Å². The zero-order valence-corrected chi connectivity index (χ0v) is 21.0. The predicted octanol–water partition coefficient (Wildman–Crippen LogP) is 6.50. The number of hydrogen-bond donors (Lipinski definition) is 1. The molecule has 0 saturated carbocycles. The number of carbonyl (C=O) groups is 3. The van der Waals surface area contributed by atoms with E-state index in [-0.39, 0.29) is 17.9 Å². The van der Waals surface area contributed by atoms with E-state index in [1.165, 1.54) is 12.1 Å². The van der Waals surface area contributed by atoms with Crippen molar-refractivity contribution in [2.24, 2.45) is 0 Å². The van der Waals surface area contributed by atoms with Gasteiger partial charge in [0, 0.05) is 15.1 Å². The van der Waals surface area contributed by atoms with Gasteiger partial charge in [-0.2, -0.15) is 0 Å². The lowest BCUT2D eigenvalue weighted by Crippen LogP contribution is -2.54. The second-order valence-corrected chi connectivity index (χ2v) is 9.40. The van der Waals surface area contributed by atoms with Crippen molar-refractivity contribution in [2.75, 3.05) is 4.90 Å². The Labute approximate surface area is 220 Å². The molecule has 0 aliphatic carbocycles. The van der Waals surface area contributed by atoms with Crippen LogP contribution in [0, 0.1) is 0 Å². The summed E-state index contributed by atoms with van der Waals surface area (Å²) in [4.78, 5) is 39.7. The molecular weight excluding hydrogens is 544 g/mol. The Balaban J connectivity index is 1.58. The molecule has 1 aliphatic rings. The van der Waals surface area contributed by atoms with Crippen molar-refractivity contribution in [1.29, 1.82) is 0 Å². The van der Waals surface area contributed by atoms with E-state index in [0.717, 1.165) is 25.7 Å². The normalized spacial score (nSPS) is 14.9. The molecule has 0 unspecified atom stereocenters. The standard InChI is InChI=1S/C28H18BrClN2O4/c29-19-11-8-17(9-12-19)16-36-25-13-10-18-4-1-2-7-22(18)23(25)15-24-26(33)31-28(35)32(27(24)34)21-6-3-5-20(30)14-21/h1-15H,16H2,(H,31,33,35)/b24-15+. The van der Waals surface area contributed by atoms with Crippen molar-refractivity contribution in [1.82, 2.24) is 5.32 Å². The zero-order valence-electron chi connectivity index (χ0n) is 18.7. The van der Waals surface area contributed by atoms with E-state index in [2.05, 4.69) is 21.2 Å². The Morgan fingerprint density at radius 1 is 0.917 bits per heavy atom. The Bertz CT molecular complexity index is 1550. The van der Waals surface area contributed by atoms with Crippen LogP contribution in [0.5, 0.6) is 5.75 Å². The van der Waals surface area contributed by atoms with E-state index in [1.54, 1.807) is 24.3 Å². The maximum absolute atomic E-state index is 13.4. The number of nitrogens with zero attached hydrogens (tertiary/aromatic N) is 1. The molecule has 5 rings (SSSR count). The second-order valence-electron chi connectivity index (χ2n) is 8.05. The van der Waals surface area contributed by atoms with Crippen molar-refractivity contribution in [3.05, 3.63) is 111 Å². The number of barbiturate groups is 1. The van der Waals surface area contributed by atoms with Crippen molar-refractivity contribution in [2.45, 2.75) is 6.61 Å². The number of amides is 4. The lowest BCUT2D eigenvalue weighted by atomic mass is 9.99. The molecule has 4 aromatic rings. The van der Waals surface area contributed by atoms with Crippen LogP contribution >= 0.6 is 27.5 Å². The lowest BCUT2D eigenvalue weighted by molar-refractivity contribution is -0.122. The van der Waals surface area contributed by atoms with Crippen LogP contribution in [0.2, 0.25) is 5.02 Å². The summed E-state index contributed by atoms with van der Waals surface area (Å²) in [5.74, 6) is -1.04. The summed E-state index contributed by atoms with van der Waals surface area (Å²) in [7, 11) is 0. The fourth-order valence-electron chi connectivity index (χ4n) is 3.94. The number of anilines is 1. The van der Waals surface area contributed by atoms with Crippen LogP contribution in [0.25, 0.3) is 16.8 Å². The highest BCUT2D eigenvalue weighted by molar-refractivity contribution is 9.10. The summed E-state index contributed by atoms with van der Waals surface area (Å²) in [6.45, 7) is 0.287. The minimum atomic E-state index is -0.839. The lowest BCUT2D eigenvalue weighted by Gasteiger charge is -2.26. The van der Waals surface area contributed by atoms with Crippen LogP contribution in [0.3, 0.4) is 0 Å². The highest BCUT2D eigenvalue weighted by Gasteiger charge is 2.37. The molecule has 1 fully saturated rings. The molecule has 4 amide bonds. The Hall–Kier alpha value is -3.94. The molecule has 1 N–H and O–H groups in total. The number of imide groups is 2. The van der Waals surface area contributed by atoms with Gasteiger partial charge in [0.25, 0.3) is 11.8 Å². The van der Waals surface area contributed by atoms with Crippen molar-refractivity contribution in [3.63, 3.8) is 0 Å². The van der Waals surface area contributed by atoms with Gasteiger partial charge in [-0.3, -0.25) is 14.9 Å². The topological polar surface area (TPSA) is 75.7 Å². The minimum absolute atomic E-state index is 0.195. The number of hydrogen-bond acceptors (Lipinski definition) is 4. The molecule has 8 heteroatoms. The van der Waals surface area contributed by atoms with Gasteiger partial charge >= 0.3 is 6.03 Å². The number of urea groups is 1. The largest absolute Gasteiger partial charge is 0.488 e. The molecule has 0 atom stereocenters. The smallest absolute Gasteiger partial charge is 0.335 e. The number of carbonyl (C=O) groups excluding carboxylic acids is 3. The molecule has 36 heavy (non-hydrogen) atoms. The summed E-state index contributed by atoms with van der Waals surface area (Å²) in [5, 5.41) is 4.31. The average Bonchev–Trinajstić information content (AvgIpc) is 2.86. The quantitative estimate of drug-likeness (QED) is 0.223. The van der Waals surface area contributed by atoms with E-state index >= 15 is 0 Å². The van der Waals surface area contributed by atoms with Crippen LogP contribution in [0.4, 0.5) is 10.5 Å². The van der Waals surface area contributed by atoms with Crippen LogP contribution in [0.1, 0.15) is 11.1 Å². The SMILES string of the molecule is O=C1NC(=O)N(c2cccc(Cl)c2)C(=O)/C1=C/c1c(OCc2ccc(Br)cc2)ccc2ccccc12. The predicted molar refractivity (Wildman–Crippen MR) is 143 cm³/mol. The number of nitrogens with one attached hydrogen (secondary N) is 1. The van der Waals surface area contributed by atoms with Crippen molar-refractivity contribution < 1.29 is 19.1 Å². The third-order valence-corrected chi connectivity index (χ3v) is 6.46. The van der Waals surface area contributed by atoms with Gasteiger partial charge in [0.05, 0.1) is 5.69 Å². The summed E-state index contributed by atoms with van der Waals surface area (Å²) >= 11 is 9.49. The van der Waals surface area contributed by atoms with Gasteiger partial charge in [-0.25, -0.2) is 9.69 Å². The first-order valence-corrected chi connectivity index (χ1v) is 12.1. The molecular formula is C28H18BrClN2O4. The monoisotopic (exact) mass is 560 g/mol. The zero-order chi connectivity index (χ0) is 25.2. The highest BCUT2D eigenvalue weighted by Crippen LogP contribution is 2.32. The van der Waals surface area contributed by atoms with E-state index in [1.807, 2.05) is 54.6 Å². The first-order chi connectivity index (χ1) is 17.4. The fourth-order valence-corrected chi connectivity index (χ4v) is 4.39. The number of benzene rings is 4. The molecule has 1 aliphatic heterocycles. The van der Waals surface area contributed by atoms with E-state index in [9.17, 15) is 14.4 Å². The van der Waals surface area contributed by atoms with Gasteiger partial charge in [0.2, 0.25) is 0 Å². The van der Waals surface area contributed by atoms with Crippen molar-refractivity contribution >= 4 is 67.9 Å². The average molecular weight is 562 g/mol. The molecule has 6 nitrogen and oxygen atoms in total. The molecule has 0 aromatic heterocycles. The van der Waals surface area contributed by atoms with Crippen LogP contribution in [-0.2, 0) is 16.2 Å². The summed E-state index contributed by atoms with van der Waals surface area (Å²) in [5.41, 5.74) is 1.57. The molecule has 0 bridgehead atoms. The Morgan fingerprint density at radius 2 is 1.69 bits per heavy atom. The molecule has 178 valence electrons. The van der Waals surface area contributed by atoms with Gasteiger partial charge in [0.1, 0.15) is 17.9 Å². The van der Waals surface area contributed by atoms with Crippen LogP contribution in [-0.4, -0.2) is 17.8 Å². The van der Waals surface area contributed by atoms with Crippen LogP contribution in [0.15, 0.2) is 95.0 Å². The highest BCUT2D eigenvalue weighted by atomic mass is 79.9. The Kier molecular flexibility index (Phi) is 6.59. The fraction of sp³-hybridized carbons (Fsp3) is 0.0357. The molecule has 0 spiro atoms. The van der Waals surface area contributed by atoms with Crippen LogP contribution < -0.4 is 15.0 Å². The van der Waals surface area contributed by atoms with E-state index < -0.39 is 17.8 Å². The first-order valence-electron chi connectivity index (χ1n) is 11.0. The van der Waals surface area contributed by atoms with Gasteiger partial charge in [-0.15, -0.1) is 0 Å². The second kappa shape index (κ2) is 9.97. The number of fused-ring (bicyclic) bond motifs is 1. The summed E-state index contributed by atoms with van der Waals surface area (Å²) < 4.78 is 7.09. The Morgan fingerprint density at radius 3 is 2.47 bits per heavy atom. The maximum Gasteiger partial charge on any atom is 0.335 e. The van der Waals surface area contributed by atoms with E-state index in [4.69, 9.17) is 16.3 Å². The summed E-state index contributed by atoms with van der Waals surface area (Å²) in [6, 6.07) is 24.5. The third kappa shape index (κ3) is 4.76.